The van der Waals surface area contributed by atoms with Crippen molar-refractivity contribution in [3.8, 4) is 0 Å². The topological polar surface area (TPSA) is 47.3 Å². The average Bonchev–Trinajstić information content (AvgIpc) is 2.67. The zero-order valence-corrected chi connectivity index (χ0v) is 11.0. The van der Waals surface area contributed by atoms with Gasteiger partial charge in [0.1, 0.15) is 5.82 Å². The lowest BCUT2D eigenvalue weighted by atomic mass is 10.2. The molecule has 0 saturated carbocycles. The van der Waals surface area contributed by atoms with Gasteiger partial charge in [0.25, 0.3) is 0 Å². The van der Waals surface area contributed by atoms with E-state index in [2.05, 4.69) is 4.98 Å². The minimum Gasteiger partial charge on any atom is -0.393 e. The van der Waals surface area contributed by atoms with Crippen LogP contribution in [-0.2, 0) is 18.2 Å². The molecule has 98 valence electrons. The molecule has 4 nitrogen and oxygen atoms in total. The number of rotatable bonds is 6. The Kier molecular flexibility index (Phi) is 4.33. The Hall–Kier alpha value is -1.39. The first-order valence-corrected chi connectivity index (χ1v) is 6.38. The smallest absolute Gasteiger partial charge is 0.112 e. The third-order valence-electron chi connectivity index (χ3n) is 3.10. The van der Waals surface area contributed by atoms with E-state index in [0.717, 1.165) is 16.9 Å². The number of aliphatic hydroxyl groups is 1. The molecule has 0 fully saturated rings. The van der Waals surface area contributed by atoms with E-state index in [-0.39, 0.29) is 0 Å². The van der Waals surface area contributed by atoms with Crippen molar-refractivity contribution < 1.29 is 9.84 Å². The van der Waals surface area contributed by atoms with Crippen LogP contribution in [0.2, 0.25) is 0 Å². The van der Waals surface area contributed by atoms with Gasteiger partial charge in [-0.25, -0.2) is 4.98 Å². The second kappa shape index (κ2) is 5.98. The molecule has 1 aromatic carbocycles. The van der Waals surface area contributed by atoms with Crippen LogP contribution in [-0.4, -0.2) is 34.0 Å². The third kappa shape index (κ3) is 2.89. The summed E-state index contributed by atoms with van der Waals surface area (Å²) in [6.45, 7) is 3.25. The summed E-state index contributed by atoms with van der Waals surface area (Å²) in [4.78, 5) is 4.54. The molecule has 0 saturated heterocycles. The molecule has 0 spiro atoms. The monoisotopic (exact) mass is 248 g/mol. The number of nitrogens with zero attached hydrogens (tertiary/aromatic N) is 2. The maximum Gasteiger partial charge on any atom is 0.112 e. The van der Waals surface area contributed by atoms with Crippen LogP contribution in [0, 0.1) is 0 Å². The first kappa shape index (κ1) is 13.1. The Morgan fingerprint density at radius 2 is 2.17 bits per heavy atom. The molecule has 18 heavy (non-hydrogen) atoms. The molecule has 1 unspecified atom stereocenters. The van der Waals surface area contributed by atoms with E-state index in [1.54, 1.807) is 0 Å². The Labute approximate surface area is 107 Å². The number of para-hydroxylation sites is 2. The number of imidazole rings is 1. The van der Waals surface area contributed by atoms with Crippen molar-refractivity contribution in [2.45, 2.75) is 25.9 Å². The van der Waals surface area contributed by atoms with Gasteiger partial charge in [-0.2, -0.15) is 0 Å². The summed E-state index contributed by atoms with van der Waals surface area (Å²) in [7, 11) is 1.99. The second-order valence-electron chi connectivity index (χ2n) is 4.42. The van der Waals surface area contributed by atoms with E-state index in [4.69, 9.17) is 4.74 Å². The lowest BCUT2D eigenvalue weighted by Gasteiger charge is -2.10. The Bertz CT molecular complexity index is 507. The average molecular weight is 248 g/mol. The summed E-state index contributed by atoms with van der Waals surface area (Å²) >= 11 is 0. The number of aryl methyl sites for hydroxylation is 1. The Balaban J connectivity index is 2.05. The van der Waals surface area contributed by atoms with Gasteiger partial charge in [-0.1, -0.05) is 12.1 Å². The molecule has 1 aromatic heterocycles. The zero-order valence-electron chi connectivity index (χ0n) is 11.0. The molecule has 0 radical (unpaired) electrons. The minimum atomic E-state index is -0.396. The fraction of sp³-hybridized carbons (Fsp3) is 0.500. The molecule has 1 atom stereocenters. The van der Waals surface area contributed by atoms with E-state index in [1.165, 1.54) is 0 Å². The number of fused-ring (bicyclic) bond motifs is 1. The van der Waals surface area contributed by atoms with Crippen LogP contribution in [0.4, 0.5) is 0 Å². The highest BCUT2D eigenvalue weighted by Crippen LogP contribution is 2.15. The molecule has 2 rings (SSSR count). The molecule has 0 aliphatic rings. The van der Waals surface area contributed by atoms with Crippen molar-refractivity contribution in [1.29, 1.82) is 0 Å². The zero-order chi connectivity index (χ0) is 13.0. The van der Waals surface area contributed by atoms with Gasteiger partial charge in [-0.15, -0.1) is 0 Å². The summed E-state index contributed by atoms with van der Waals surface area (Å²) in [5.41, 5.74) is 2.08. The number of hydrogen-bond donors (Lipinski definition) is 1. The van der Waals surface area contributed by atoms with Gasteiger partial charge < -0.3 is 14.4 Å². The van der Waals surface area contributed by atoms with E-state index in [9.17, 15) is 5.11 Å². The molecule has 0 aliphatic heterocycles. The van der Waals surface area contributed by atoms with Crippen molar-refractivity contribution >= 4 is 11.0 Å². The number of hydrogen-bond acceptors (Lipinski definition) is 3. The van der Waals surface area contributed by atoms with Crippen molar-refractivity contribution in [2.24, 2.45) is 7.05 Å². The van der Waals surface area contributed by atoms with E-state index >= 15 is 0 Å². The molecule has 1 heterocycles. The lowest BCUT2D eigenvalue weighted by molar-refractivity contribution is 0.0875. The summed E-state index contributed by atoms with van der Waals surface area (Å²) in [6, 6.07) is 8.01. The first-order chi connectivity index (χ1) is 8.72. The number of ether oxygens (including phenoxy) is 1. The van der Waals surface area contributed by atoms with Crippen molar-refractivity contribution in [3.63, 3.8) is 0 Å². The number of benzene rings is 1. The molecule has 1 N–H and O–H groups in total. The summed E-state index contributed by atoms with van der Waals surface area (Å²) in [6.07, 6.45) is 0.821. The standard InChI is InChI=1S/C14H20N2O2/c1-3-18-9-8-11(17)10-14-15-12-6-4-5-7-13(12)16(14)2/h4-7,11,17H,3,8-10H2,1-2H3. The van der Waals surface area contributed by atoms with Gasteiger partial charge in [-0.05, 0) is 25.5 Å². The van der Waals surface area contributed by atoms with Gasteiger partial charge in [0.2, 0.25) is 0 Å². The van der Waals surface area contributed by atoms with Gasteiger partial charge in [0, 0.05) is 26.7 Å². The summed E-state index contributed by atoms with van der Waals surface area (Å²) in [5, 5.41) is 9.95. The molecule has 0 aliphatic carbocycles. The number of aromatic nitrogens is 2. The van der Waals surface area contributed by atoms with Crippen LogP contribution in [0.15, 0.2) is 24.3 Å². The second-order valence-corrected chi connectivity index (χ2v) is 4.42. The van der Waals surface area contributed by atoms with Gasteiger partial charge in [-0.3, -0.25) is 0 Å². The van der Waals surface area contributed by atoms with E-state index in [0.29, 0.717) is 26.1 Å². The van der Waals surface area contributed by atoms with Crippen LogP contribution >= 0.6 is 0 Å². The van der Waals surface area contributed by atoms with Crippen LogP contribution in [0.1, 0.15) is 19.2 Å². The maximum absolute atomic E-state index is 9.95. The largest absolute Gasteiger partial charge is 0.393 e. The van der Waals surface area contributed by atoms with Crippen molar-refractivity contribution in [3.05, 3.63) is 30.1 Å². The summed E-state index contributed by atoms with van der Waals surface area (Å²) in [5.74, 6) is 0.917. The third-order valence-corrected chi connectivity index (χ3v) is 3.10. The van der Waals surface area contributed by atoms with Crippen LogP contribution < -0.4 is 0 Å². The first-order valence-electron chi connectivity index (χ1n) is 6.38. The molecular weight excluding hydrogens is 228 g/mol. The Morgan fingerprint density at radius 1 is 1.39 bits per heavy atom. The van der Waals surface area contributed by atoms with Crippen molar-refractivity contribution in [1.82, 2.24) is 9.55 Å². The summed E-state index contributed by atoms with van der Waals surface area (Å²) < 4.78 is 7.28. The van der Waals surface area contributed by atoms with Gasteiger partial charge in [0.15, 0.2) is 0 Å². The normalized spacial score (nSPS) is 13.1. The Morgan fingerprint density at radius 3 is 2.89 bits per heavy atom. The predicted molar refractivity (Wildman–Crippen MR) is 71.5 cm³/mol. The minimum absolute atomic E-state index is 0.396. The maximum atomic E-state index is 9.95. The molecule has 4 heteroatoms. The van der Waals surface area contributed by atoms with Gasteiger partial charge >= 0.3 is 0 Å². The van der Waals surface area contributed by atoms with Crippen molar-refractivity contribution in [2.75, 3.05) is 13.2 Å². The highest BCUT2D eigenvalue weighted by Gasteiger charge is 2.12. The van der Waals surface area contributed by atoms with E-state index in [1.807, 2.05) is 42.8 Å². The highest BCUT2D eigenvalue weighted by molar-refractivity contribution is 5.75. The lowest BCUT2D eigenvalue weighted by Crippen LogP contribution is -2.16. The molecular formula is C14H20N2O2. The van der Waals surface area contributed by atoms with Crippen LogP contribution in [0.5, 0.6) is 0 Å². The van der Waals surface area contributed by atoms with E-state index < -0.39 is 6.10 Å². The number of aliphatic hydroxyl groups excluding tert-OH is 1. The predicted octanol–water partition coefficient (Wildman–Crippen LogP) is 1.90. The molecule has 2 aromatic rings. The quantitative estimate of drug-likeness (QED) is 0.794. The molecule has 0 bridgehead atoms. The SMILES string of the molecule is CCOCCC(O)Cc1nc2ccccc2n1C. The fourth-order valence-corrected chi connectivity index (χ4v) is 2.05. The molecule has 0 amide bonds. The van der Waals surface area contributed by atoms with Gasteiger partial charge in [0.05, 0.1) is 17.1 Å². The fourth-order valence-electron chi connectivity index (χ4n) is 2.05. The highest BCUT2D eigenvalue weighted by atomic mass is 16.5. The van der Waals surface area contributed by atoms with Crippen LogP contribution in [0.25, 0.3) is 11.0 Å². The van der Waals surface area contributed by atoms with Crippen LogP contribution in [0.3, 0.4) is 0 Å².